The first-order valence-corrected chi connectivity index (χ1v) is 7.45. The molecule has 20 heavy (non-hydrogen) atoms. The number of aliphatic hydroxyl groups excluding tert-OH is 1. The summed E-state index contributed by atoms with van der Waals surface area (Å²) in [5.74, 6) is 0.0352. The van der Waals surface area contributed by atoms with E-state index >= 15 is 0 Å². The monoisotopic (exact) mass is 274 g/mol. The molecular weight excluding hydrogens is 252 g/mol. The van der Waals surface area contributed by atoms with Crippen molar-refractivity contribution in [2.45, 2.75) is 32.2 Å². The Bertz CT molecular complexity index is 509. The van der Waals surface area contributed by atoms with Gasteiger partial charge in [0.1, 0.15) is 0 Å². The third-order valence-corrected chi connectivity index (χ3v) is 4.61. The van der Waals surface area contributed by atoms with Crippen molar-refractivity contribution in [3.63, 3.8) is 0 Å². The molecule has 0 aromatic heterocycles. The van der Waals surface area contributed by atoms with Crippen molar-refractivity contribution in [2.75, 3.05) is 19.7 Å². The zero-order chi connectivity index (χ0) is 14.0. The fraction of sp³-hybridized carbons (Fsp3) is 0.562. The number of hydrogen-bond acceptors (Lipinski definition) is 3. The van der Waals surface area contributed by atoms with Crippen LogP contribution in [0.1, 0.15) is 40.7 Å². The molecule has 1 aliphatic carbocycles. The standard InChI is InChI=1S/C16H22N2O2/c19-9-7-16(5-6-16)11-18-15(20)14-3-1-2-12-10-17-8-4-13(12)14/h1-3,17,19H,4-11H2,(H,18,20). The Morgan fingerprint density at radius 2 is 2.25 bits per heavy atom. The van der Waals surface area contributed by atoms with E-state index in [4.69, 9.17) is 5.11 Å². The van der Waals surface area contributed by atoms with Gasteiger partial charge in [-0.05, 0) is 54.8 Å². The zero-order valence-electron chi connectivity index (χ0n) is 11.7. The van der Waals surface area contributed by atoms with Gasteiger partial charge in [-0.2, -0.15) is 0 Å². The SMILES string of the molecule is O=C(NCC1(CCO)CC1)c1cccc2c1CCNC2. The second kappa shape index (κ2) is 5.54. The van der Waals surface area contributed by atoms with Crippen molar-refractivity contribution in [1.29, 1.82) is 0 Å². The quantitative estimate of drug-likeness (QED) is 0.756. The molecule has 1 aliphatic heterocycles. The smallest absolute Gasteiger partial charge is 0.251 e. The normalized spacial score (nSPS) is 19.2. The van der Waals surface area contributed by atoms with Crippen molar-refractivity contribution >= 4 is 5.91 Å². The molecule has 1 fully saturated rings. The molecule has 0 radical (unpaired) electrons. The van der Waals surface area contributed by atoms with E-state index in [0.29, 0.717) is 6.54 Å². The van der Waals surface area contributed by atoms with E-state index in [-0.39, 0.29) is 17.9 Å². The van der Waals surface area contributed by atoms with Crippen LogP contribution in [0.25, 0.3) is 0 Å². The van der Waals surface area contributed by atoms with Gasteiger partial charge in [0.15, 0.2) is 0 Å². The van der Waals surface area contributed by atoms with Crippen LogP contribution in [-0.2, 0) is 13.0 Å². The van der Waals surface area contributed by atoms with Gasteiger partial charge in [0, 0.05) is 25.3 Å². The molecule has 108 valence electrons. The third-order valence-electron chi connectivity index (χ3n) is 4.61. The first-order chi connectivity index (χ1) is 9.74. The molecule has 3 N–H and O–H groups in total. The minimum atomic E-state index is 0.0352. The molecule has 0 unspecified atom stereocenters. The Balaban J connectivity index is 1.68. The molecule has 1 saturated carbocycles. The molecule has 0 spiro atoms. The van der Waals surface area contributed by atoms with Crippen LogP contribution in [0, 0.1) is 5.41 Å². The first kappa shape index (κ1) is 13.6. The van der Waals surface area contributed by atoms with Crippen LogP contribution in [0.5, 0.6) is 0 Å². The Kier molecular flexibility index (Phi) is 3.76. The highest BCUT2D eigenvalue weighted by molar-refractivity contribution is 5.96. The Morgan fingerprint density at radius 3 is 3.00 bits per heavy atom. The van der Waals surface area contributed by atoms with Gasteiger partial charge in [-0.25, -0.2) is 0 Å². The molecule has 4 heteroatoms. The summed E-state index contributed by atoms with van der Waals surface area (Å²) in [7, 11) is 0. The summed E-state index contributed by atoms with van der Waals surface area (Å²) in [6.07, 6.45) is 3.94. The molecule has 1 amide bonds. The van der Waals surface area contributed by atoms with E-state index in [0.717, 1.165) is 44.3 Å². The van der Waals surface area contributed by atoms with E-state index in [1.165, 1.54) is 11.1 Å². The zero-order valence-corrected chi connectivity index (χ0v) is 11.7. The Hall–Kier alpha value is -1.39. The molecule has 0 bridgehead atoms. The minimum absolute atomic E-state index is 0.0352. The van der Waals surface area contributed by atoms with E-state index in [9.17, 15) is 4.79 Å². The molecule has 2 aliphatic rings. The lowest BCUT2D eigenvalue weighted by atomic mass is 9.95. The summed E-state index contributed by atoms with van der Waals surface area (Å²) < 4.78 is 0. The van der Waals surface area contributed by atoms with Gasteiger partial charge in [-0.3, -0.25) is 4.79 Å². The first-order valence-electron chi connectivity index (χ1n) is 7.45. The van der Waals surface area contributed by atoms with Crippen LogP contribution in [0.3, 0.4) is 0 Å². The van der Waals surface area contributed by atoms with Crippen LogP contribution in [0.4, 0.5) is 0 Å². The highest BCUT2D eigenvalue weighted by Crippen LogP contribution is 2.47. The molecule has 0 saturated heterocycles. The minimum Gasteiger partial charge on any atom is -0.396 e. The second-order valence-corrected chi connectivity index (χ2v) is 6.03. The lowest BCUT2D eigenvalue weighted by Gasteiger charge is -2.21. The van der Waals surface area contributed by atoms with Gasteiger partial charge in [-0.1, -0.05) is 12.1 Å². The lowest BCUT2D eigenvalue weighted by Crippen LogP contribution is -2.33. The molecule has 0 atom stereocenters. The predicted molar refractivity (Wildman–Crippen MR) is 77.6 cm³/mol. The van der Waals surface area contributed by atoms with Gasteiger partial charge in [0.25, 0.3) is 5.91 Å². The summed E-state index contributed by atoms with van der Waals surface area (Å²) in [6.45, 7) is 2.69. The molecule has 1 aromatic carbocycles. The second-order valence-electron chi connectivity index (χ2n) is 6.03. The fourth-order valence-corrected chi connectivity index (χ4v) is 3.04. The van der Waals surface area contributed by atoms with Crippen LogP contribution in [-0.4, -0.2) is 30.7 Å². The molecule has 1 aromatic rings. The van der Waals surface area contributed by atoms with E-state index in [1.807, 2.05) is 12.1 Å². The van der Waals surface area contributed by atoms with E-state index < -0.39 is 0 Å². The predicted octanol–water partition coefficient (Wildman–Crippen LogP) is 1.22. The van der Waals surface area contributed by atoms with Gasteiger partial charge in [0.05, 0.1) is 0 Å². The van der Waals surface area contributed by atoms with Crippen molar-refractivity contribution in [1.82, 2.24) is 10.6 Å². The number of carbonyl (C=O) groups is 1. The highest BCUT2D eigenvalue weighted by atomic mass is 16.3. The van der Waals surface area contributed by atoms with Crippen molar-refractivity contribution in [3.8, 4) is 0 Å². The van der Waals surface area contributed by atoms with Gasteiger partial charge in [-0.15, -0.1) is 0 Å². The average Bonchev–Trinajstić information content (AvgIpc) is 3.25. The topological polar surface area (TPSA) is 61.4 Å². The van der Waals surface area contributed by atoms with Crippen LogP contribution < -0.4 is 10.6 Å². The highest BCUT2D eigenvalue weighted by Gasteiger charge is 2.42. The van der Waals surface area contributed by atoms with Crippen LogP contribution in [0.2, 0.25) is 0 Å². The number of carbonyl (C=O) groups excluding carboxylic acids is 1. The maximum atomic E-state index is 12.4. The molecule has 3 rings (SSSR count). The Labute approximate surface area is 119 Å². The van der Waals surface area contributed by atoms with Gasteiger partial charge < -0.3 is 15.7 Å². The average molecular weight is 274 g/mol. The van der Waals surface area contributed by atoms with Gasteiger partial charge in [0.2, 0.25) is 0 Å². The van der Waals surface area contributed by atoms with E-state index in [1.54, 1.807) is 0 Å². The number of amides is 1. The largest absolute Gasteiger partial charge is 0.396 e. The number of aliphatic hydroxyl groups is 1. The summed E-state index contributed by atoms with van der Waals surface area (Å²) in [6, 6.07) is 5.97. The maximum Gasteiger partial charge on any atom is 0.251 e. The number of rotatable bonds is 5. The van der Waals surface area contributed by atoms with E-state index in [2.05, 4.69) is 16.7 Å². The third kappa shape index (κ3) is 2.72. The number of benzene rings is 1. The van der Waals surface area contributed by atoms with Crippen LogP contribution >= 0.6 is 0 Å². The van der Waals surface area contributed by atoms with Gasteiger partial charge >= 0.3 is 0 Å². The number of nitrogens with one attached hydrogen (secondary N) is 2. The summed E-state index contributed by atoms with van der Waals surface area (Å²) >= 11 is 0. The summed E-state index contributed by atoms with van der Waals surface area (Å²) in [5.41, 5.74) is 3.42. The summed E-state index contributed by atoms with van der Waals surface area (Å²) in [5, 5.41) is 15.5. The Morgan fingerprint density at radius 1 is 1.40 bits per heavy atom. The lowest BCUT2D eigenvalue weighted by molar-refractivity contribution is 0.0939. The molecular formula is C16H22N2O2. The molecule has 1 heterocycles. The number of fused-ring (bicyclic) bond motifs is 1. The fourth-order valence-electron chi connectivity index (χ4n) is 3.04. The summed E-state index contributed by atoms with van der Waals surface area (Å²) in [4.78, 5) is 12.4. The molecule has 4 nitrogen and oxygen atoms in total. The van der Waals surface area contributed by atoms with Crippen LogP contribution in [0.15, 0.2) is 18.2 Å². The maximum absolute atomic E-state index is 12.4. The van der Waals surface area contributed by atoms with Crippen molar-refractivity contribution in [2.24, 2.45) is 5.41 Å². The number of hydrogen-bond donors (Lipinski definition) is 3. The van der Waals surface area contributed by atoms with Crippen molar-refractivity contribution in [3.05, 3.63) is 34.9 Å². The van der Waals surface area contributed by atoms with Crippen molar-refractivity contribution < 1.29 is 9.90 Å².